The van der Waals surface area contributed by atoms with Crippen molar-refractivity contribution >= 4 is 64.2 Å². The molecule has 9 aromatic rings. The van der Waals surface area contributed by atoms with Crippen molar-refractivity contribution in [2.75, 3.05) is 0 Å². The second-order valence-electron chi connectivity index (χ2n) is 12.6. The van der Waals surface area contributed by atoms with Gasteiger partial charge in [0.2, 0.25) is 5.95 Å². The van der Waals surface area contributed by atoms with E-state index in [1.54, 1.807) is 11.3 Å². The predicted octanol–water partition coefficient (Wildman–Crippen LogP) is 11.1. The van der Waals surface area contributed by atoms with Crippen molar-refractivity contribution in [2.45, 2.75) is 19.3 Å². The van der Waals surface area contributed by atoms with Crippen molar-refractivity contribution in [1.29, 1.82) is 0 Å². The minimum atomic E-state index is -0.145. The monoisotopic (exact) mass is 593 g/mol. The lowest BCUT2D eigenvalue weighted by Gasteiger charge is -2.22. The highest BCUT2D eigenvalue weighted by atomic mass is 32.1. The lowest BCUT2D eigenvalue weighted by Crippen LogP contribution is -2.15. The smallest absolute Gasteiger partial charge is 0.235 e. The van der Waals surface area contributed by atoms with E-state index >= 15 is 0 Å². The van der Waals surface area contributed by atoms with Crippen molar-refractivity contribution in [2.24, 2.45) is 0 Å². The summed E-state index contributed by atoms with van der Waals surface area (Å²) in [5, 5.41) is 6.20. The van der Waals surface area contributed by atoms with Crippen LogP contribution in [-0.4, -0.2) is 14.5 Å². The van der Waals surface area contributed by atoms with Crippen LogP contribution in [0.2, 0.25) is 0 Å². The Bertz CT molecular complexity index is 2680. The van der Waals surface area contributed by atoms with E-state index in [4.69, 9.17) is 9.97 Å². The molecule has 4 heteroatoms. The molecule has 0 amide bonds. The minimum Gasteiger partial charge on any atom is -0.278 e. The zero-order valence-electron chi connectivity index (χ0n) is 24.9. The van der Waals surface area contributed by atoms with Crippen LogP contribution in [0.5, 0.6) is 0 Å². The first-order valence-corrected chi connectivity index (χ1v) is 16.2. The van der Waals surface area contributed by atoms with E-state index in [-0.39, 0.29) is 5.41 Å². The van der Waals surface area contributed by atoms with Gasteiger partial charge in [0.25, 0.3) is 0 Å². The third kappa shape index (κ3) is 3.35. The van der Waals surface area contributed by atoms with Crippen LogP contribution in [-0.2, 0) is 5.41 Å². The highest BCUT2D eigenvalue weighted by Crippen LogP contribution is 2.53. The van der Waals surface area contributed by atoms with Crippen LogP contribution in [0.4, 0.5) is 0 Å². The van der Waals surface area contributed by atoms with Crippen molar-refractivity contribution in [3.8, 4) is 28.3 Å². The van der Waals surface area contributed by atoms with E-state index < -0.39 is 0 Å². The maximum atomic E-state index is 5.38. The number of hydrogen-bond donors (Lipinski definition) is 0. The third-order valence-electron chi connectivity index (χ3n) is 9.81. The Labute approximate surface area is 264 Å². The van der Waals surface area contributed by atoms with E-state index in [2.05, 4.69) is 146 Å². The van der Waals surface area contributed by atoms with Crippen molar-refractivity contribution in [3.05, 3.63) is 139 Å². The van der Waals surface area contributed by atoms with Gasteiger partial charge >= 0.3 is 0 Å². The van der Waals surface area contributed by atoms with Gasteiger partial charge < -0.3 is 0 Å². The van der Waals surface area contributed by atoms with Crippen molar-refractivity contribution in [1.82, 2.24) is 14.5 Å². The van der Waals surface area contributed by atoms with Gasteiger partial charge in [-0.2, -0.15) is 0 Å². The van der Waals surface area contributed by atoms with Gasteiger partial charge in [0.05, 0.1) is 26.9 Å². The number of thiophene rings is 1. The summed E-state index contributed by atoms with van der Waals surface area (Å²) in [5.41, 5.74) is 10.6. The summed E-state index contributed by atoms with van der Waals surface area (Å²) in [6.45, 7) is 4.72. The average Bonchev–Trinajstić information content (AvgIpc) is 3.69. The molecule has 0 radical (unpaired) electrons. The summed E-state index contributed by atoms with van der Waals surface area (Å²) in [5.74, 6) is 0.704. The number of rotatable bonds is 2. The molecule has 3 aromatic heterocycles. The maximum Gasteiger partial charge on any atom is 0.235 e. The first-order valence-electron chi connectivity index (χ1n) is 15.4. The summed E-state index contributed by atoms with van der Waals surface area (Å²) >= 11 is 1.77. The Hall–Kier alpha value is -5.32. The van der Waals surface area contributed by atoms with Gasteiger partial charge in [-0.25, -0.2) is 9.97 Å². The van der Waals surface area contributed by atoms with Gasteiger partial charge in [0.15, 0.2) is 0 Å². The molecule has 0 saturated carbocycles. The van der Waals surface area contributed by atoms with Gasteiger partial charge in [-0.05, 0) is 57.3 Å². The molecular weight excluding hydrogens is 567 g/mol. The highest BCUT2D eigenvalue weighted by molar-refractivity contribution is 7.26. The maximum absolute atomic E-state index is 5.38. The fourth-order valence-electron chi connectivity index (χ4n) is 7.65. The molecule has 0 saturated heterocycles. The van der Waals surface area contributed by atoms with Gasteiger partial charge in [-0.15, -0.1) is 11.3 Å². The molecule has 0 atom stereocenters. The van der Waals surface area contributed by atoms with Gasteiger partial charge in [-0.3, -0.25) is 4.57 Å². The van der Waals surface area contributed by atoms with E-state index in [1.165, 1.54) is 53.9 Å². The molecule has 1 aliphatic carbocycles. The van der Waals surface area contributed by atoms with Crippen LogP contribution in [0.15, 0.2) is 127 Å². The molecule has 212 valence electrons. The number of para-hydroxylation sites is 1. The lowest BCUT2D eigenvalue weighted by molar-refractivity contribution is 0.661. The lowest BCUT2D eigenvalue weighted by atomic mass is 9.82. The third-order valence-corrected chi connectivity index (χ3v) is 11.0. The largest absolute Gasteiger partial charge is 0.278 e. The van der Waals surface area contributed by atoms with Crippen LogP contribution < -0.4 is 0 Å². The minimum absolute atomic E-state index is 0.145. The highest BCUT2D eigenvalue weighted by Gasteiger charge is 2.37. The van der Waals surface area contributed by atoms with Gasteiger partial charge in [0, 0.05) is 31.8 Å². The van der Waals surface area contributed by atoms with E-state index in [1.807, 2.05) is 0 Å². The summed E-state index contributed by atoms with van der Waals surface area (Å²) < 4.78 is 4.64. The summed E-state index contributed by atoms with van der Waals surface area (Å²) in [4.78, 5) is 10.7. The van der Waals surface area contributed by atoms with Crippen molar-refractivity contribution < 1.29 is 0 Å². The molecule has 3 heterocycles. The van der Waals surface area contributed by atoms with Gasteiger partial charge in [0.1, 0.15) is 0 Å². The van der Waals surface area contributed by atoms with Crippen LogP contribution >= 0.6 is 11.3 Å². The molecule has 0 aliphatic heterocycles. The van der Waals surface area contributed by atoms with E-state index in [0.29, 0.717) is 5.95 Å². The Balaban J connectivity index is 1.33. The van der Waals surface area contributed by atoms with Crippen LogP contribution in [0.1, 0.15) is 25.0 Å². The molecule has 6 aromatic carbocycles. The number of aromatic nitrogens is 3. The molecule has 0 N–H and O–H groups in total. The van der Waals surface area contributed by atoms with E-state index in [0.717, 1.165) is 32.5 Å². The second-order valence-corrected chi connectivity index (χ2v) is 13.7. The predicted molar refractivity (Wildman–Crippen MR) is 190 cm³/mol. The standard InChI is InChI=1S/C41H27N3S/c1-41(2)31-21-20-24-12-6-7-15-26(24)36(31)30-22-29-27-16-8-10-18-33(27)44(34(29)23-32(30)41)40-42-37(25-13-4-3-5-14-25)39-38(43-40)28-17-9-11-19-35(28)45-39/h3-23H,1-2H3. The first kappa shape index (κ1) is 25.1. The number of hydrogen-bond acceptors (Lipinski definition) is 3. The molecule has 3 nitrogen and oxygen atoms in total. The molecule has 0 bridgehead atoms. The normalized spacial score (nSPS) is 13.7. The molecule has 0 spiro atoms. The van der Waals surface area contributed by atoms with E-state index in [9.17, 15) is 0 Å². The van der Waals surface area contributed by atoms with Crippen LogP contribution in [0.3, 0.4) is 0 Å². The molecule has 10 rings (SSSR count). The number of nitrogens with zero attached hydrogens (tertiary/aromatic N) is 3. The Morgan fingerprint density at radius 2 is 1.33 bits per heavy atom. The summed E-state index contributed by atoms with van der Waals surface area (Å²) in [7, 11) is 0. The molecule has 1 aliphatic rings. The number of benzene rings is 6. The fourth-order valence-corrected chi connectivity index (χ4v) is 8.81. The zero-order valence-corrected chi connectivity index (χ0v) is 25.7. The van der Waals surface area contributed by atoms with Crippen LogP contribution in [0.25, 0.3) is 81.2 Å². The summed E-state index contributed by atoms with van der Waals surface area (Å²) in [6, 6.07) is 46.0. The summed E-state index contributed by atoms with van der Waals surface area (Å²) in [6.07, 6.45) is 0. The molecule has 0 unspecified atom stereocenters. The van der Waals surface area contributed by atoms with Gasteiger partial charge in [-0.1, -0.05) is 117 Å². The molecule has 45 heavy (non-hydrogen) atoms. The first-order chi connectivity index (χ1) is 22.1. The molecule has 0 fully saturated rings. The second kappa shape index (κ2) is 8.87. The average molecular weight is 594 g/mol. The Morgan fingerprint density at radius 3 is 2.20 bits per heavy atom. The SMILES string of the molecule is CC1(C)c2cc3c(cc2-c2c1ccc1ccccc21)c1ccccc1n3-c1nc(-c2ccccc2)c2sc3ccccc3c2n1. The Kier molecular flexibility index (Phi) is 4.94. The molecular formula is C41H27N3S. The topological polar surface area (TPSA) is 30.7 Å². The van der Waals surface area contributed by atoms with Crippen molar-refractivity contribution in [3.63, 3.8) is 0 Å². The fraction of sp³-hybridized carbons (Fsp3) is 0.0732. The number of fused-ring (bicyclic) bond motifs is 11. The Morgan fingerprint density at radius 1 is 0.600 bits per heavy atom. The zero-order chi connectivity index (χ0) is 29.9. The van der Waals surface area contributed by atoms with Crippen LogP contribution in [0, 0.1) is 0 Å². The quantitative estimate of drug-likeness (QED) is 0.200.